The molecule has 0 amide bonds. The van der Waals surface area contributed by atoms with E-state index < -0.39 is 0 Å². The molecule has 16 nitrogen and oxygen atoms in total. The number of aromatic amines is 1. The quantitative estimate of drug-likeness (QED) is 0.164. The van der Waals surface area contributed by atoms with Gasteiger partial charge < -0.3 is 17.9 Å². The molecule has 0 saturated carbocycles. The van der Waals surface area contributed by atoms with Crippen molar-refractivity contribution in [1.29, 1.82) is 0 Å². The smallest absolute Gasteiger partial charge is 0.412 e. The molecule has 1 aliphatic heterocycles. The number of oxazole rings is 1. The maximum atomic E-state index is 4.86. The number of nitrogens with one attached hydrogen (secondary N) is 1. The van der Waals surface area contributed by atoms with E-state index in [4.69, 9.17) is 4.52 Å². The summed E-state index contributed by atoms with van der Waals surface area (Å²) in [6.07, 6.45) is 17.6. The van der Waals surface area contributed by atoms with Crippen LogP contribution in [-0.4, -0.2) is 62.0 Å². The number of rotatable bonds is 3. The molecule has 0 bridgehead atoms. The lowest BCUT2D eigenvalue weighted by atomic mass is 10.2. The van der Waals surface area contributed by atoms with Gasteiger partial charge >= 0.3 is 12.2 Å². The van der Waals surface area contributed by atoms with E-state index in [1.54, 1.807) is 66.4 Å². The fourth-order valence-electron chi connectivity index (χ4n) is 2.43. The Kier molecular flexibility index (Phi) is 130. The third-order valence-corrected chi connectivity index (χ3v) is 5.84. The first-order valence-corrected chi connectivity index (χ1v) is 32.5. The largest absolute Gasteiger partial charge is 0.473 e. The minimum Gasteiger partial charge on any atom is -0.473 e. The molecule has 84 heavy (non-hydrogen) atoms. The lowest BCUT2D eigenvalue weighted by Crippen LogP contribution is -2.00. The molecule has 7 aromatic heterocycles. The van der Waals surface area contributed by atoms with E-state index in [-0.39, 0.29) is 0 Å². The molecule has 1 aliphatic rings. The molecule has 7 aromatic rings. The van der Waals surface area contributed by atoms with Crippen molar-refractivity contribution in [3.63, 3.8) is 0 Å². The van der Waals surface area contributed by atoms with Gasteiger partial charge in [-0.15, -0.1) is 11.3 Å². The van der Waals surface area contributed by atoms with Crippen molar-refractivity contribution in [2.75, 3.05) is 0 Å². The molecule has 0 atom stereocenters. The zero-order valence-electron chi connectivity index (χ0n) is 60.9. The van der Waals surface area contributed by atoms with Crippen molar-refractivity contribution in [2.45, 2.75) is 261 Å². The molecule has 0 aliphatic carbocycles. The van der Waals surface area contributed by atoms with Crippen molar-refractivity contribution in [1.82, 2.24) is 45.0 Å². The van der Waals surface area contributed by atoms with Gasteiger partial charge in [-0.05, 0) is 83.2 Å². The van der Waals surface area contributed by atoms with E-state index in [2.05, 4.69) is 191 Å². The molecule has 8 rings (SSSR count). The number of hydrogen-bond acceptors (Lipinski definition) is 16. The molecule has 0 fully saturated rings. The van der Waals surface area contributed by atoms with Crippen LogP contribution in [0.15, 0.2) is 131 Å². The third kappa shape index (κ3) is 147. The Labute approximate surface area is 527 Å². The predicted molar refractivity (Wildman–Crippen MR) is 373 cm³/mol. The monoisotopic (exact) mass is 1220 g/mol. The number of thiazole rings is 1. The van der Waals surface area contributed by atoms with E-state index in [9.17, 15) is 0 Å². The van der Waals surface area contributed by atoms with Crippen LogP contribution >= 0.6 is 22.9 Å². The summed E-state index contributed by atoms with van der Waals surface area (Å²) in [5, 5.41) is 24.7. The highest BCUT2D eigenvalue weighted by Gasteiger charge is 2.14. The summed E-state index contributed by atoms with van der Waals surface area (Å²) in [7, 11) is 0. The molecule has 18 heteroatoms. The van der Waals surface area contributed by atoms with Crippen LogP contribution < -0.4 is 0 Å². The lowest BCUT2D eigenvalue weighted by molar-refractivity contribution is -0.0623. The van der Waals surface area contributed by atoms with Gasteiger partial charge in [0.1, 0.15) is 12.5 Å². The molecule has 0 spiro atoms. The Morgan fingerprint density at radius 2 is 0.988 bits per heavy atom. The third-order valence-electron chi connectivity index (χ3n) is 4.79. The highest BCUT2D eigenvalue weighted by atomic mass is 32.1. The Balaban J connectivity index is -0.0000000662. The molecule has 0 radical (unpaired) electrons. The van der Waals surface area contributed by atoms with Crippen LogP contribution in [-0.2, 0) is 0 Å². The summed E-state index contributed by atoms with van der Waals surface area (Å²) in [6, 6.07) is 7.30. The van der Waals surface area contributed by atoms with Crippen molar-refractivity contribution in [3.8, 4) is 0 Å². The van der Waals surface area contributed by atoms with Crippen LogP contribution in [0.3, 0.4) is 0 Å². The summed E-state index contributed by atoms with van der Waals surface area (Å²) < 4.78 is 22.0. The zero-order chi connectivity index (χ0) is 68.4. The average molecular weight is 1230 g/mol. The number of aliphatic imine (C=N–C) groups is 1. The maximum Gasteiger partial charge on any atom is 0.412 e. The molecule has 0 saturated heterocycles. The number of amidine groups is 1. The van der Waals surface area contributed by atoms with Gasteiger partial charge in [-0.3, -0.25) is 4.98 Å². The first-order valence-electron chi connectivity index (χ1n) is 30.7. The standard InChI is InChI=1S/C6H10N2O.C5H8N3.C5H9N3.C4H4O.5C4H10.2C3H3NO.2C3H3NS.7C2H6/c1-4(2)6-7-5(3)8-9-6;1-4(2)5-6-3-7-8-5;1-4(2)5-3-6-8-7-5;1-2-4-5-3-1;5*1-4(2)3;1-2-5-3-4-1;1-2-4-5-3-1;1-2-5-3-4-1;1-2-4-5-3-1;7*1-2/h4H,1-3H3;3-4H,1-2H3;3-4H,1-2H3,(H,6,7,8);1-4H;5*4H,1-3H3;4*1-3H;7*1-2H3/q;+1;;;;;;;;;;;;;;;;;;. The van der Waals surface area contributed by atoms with Crippen molar-refractivity contribution < 1.29 is 22.7 Å². The van der Waals surface area contributed by atoms with E-state index >= 15 is 0 Å². The lowest BCUT2D eigenvalue weighted by Gasteiger charge is -1.92. The van der Waals surface area contributed by atoms with Crippen molar-refractivity contribution >= 4 is 35.0 Å². The second kappa shape index (κ2) is 102. The molecule has 0 unspecified atom stereocenters. The second-order valence-corrected chi connectivity index (χ2v) is 20.0. The highest BCUT2D eigenvalue weighted by Crippen LogP contribution is 2.09. The minimum absolute atomic E-state index is 0.339. The number of H-pyrrole nitrogens is 1. The van der Waals surface area contributed by atoms with Gasteiger partial charge in [0.2, 0.25) is 5.89 Å². The maximum absolute atomic E-state index is 4.86. The summed E-state index contributed by atoms with van der Waals surface area (Å²) in [5.74, 6) is 7.63. The van der Waals surface area contributed by atoms with E-state index in [1.165, 1.54) is 36.8 Å². The number of nitrogens with zero attached hydrogens (tertiary/aromatic N) is 11. The van der Waals surface area contributed by atoms with Gasteiger partial charge in [0, 0.05) is 35.0 Å². The van der Waals surface area contributed by atoms with Crippen LogP contribution in [0.4, 0.5) is 0 Å². The Hall–Kier alpha value is -5.71. The first-order chi connectivity index (χ1) is 40.0. The fraction of sp³-hybridized carbons (Fsp3) is 0.667. The predicted octanol–water partition coefficient (Wildman–Crippen LogP) is 23.6. The Bertz CT molecular complexity index is 1650. The molecule has 494 valence electrons. The van der Waals surface area contributed by atoms with Gasteiger partial charge in [0.15, 0.2) is 12.2 Å². The number of furan rings is 1. The number of aryl methyl sites for hydroxylation is 1. The minimum atomic E-state index is 0.339. The topological polar surface area (TPSA) is 210 Å². The molecular formula is C66H135N12O4S2+. The zero-order valence-corrected chi connectivity index (χ0v) is 62.5. The molecular weight excluding hydrogens is 1090 g/mol. The van der Waals surface area contributed by atoms with E-state index in [1.807, 2.05) is 161 Å². The fourth-order valence-corrected chi connectivity index (χ4v) is 3.13. The normalized spacial score (nSPS) is 8.64. The molecule has 0 aromatic carbocycles. The van der Waals surface area contributed by atoms with Crippen LogP contribution in [0.5, 0.6) is 0 Å². The van der Waals surface area contributed by atoms with Gasteiger partial charge in [0.25, 0.3) is 0 Å². The van der Waals surface area contributed by atoms with E-state index in [0.29, 0.717) is 29.5 Å². The van der Waals surface area contributed by atoms with Crippen LogP contribution in [0.1, 0.15) is 272 Å². The summed E-state index contributed by atoms with van der Waals surface area (Å²) in [6.45, 7) is 74.6. The summed E-state index contributed by atoms with van der Waals surface area (Å²) in [5.41, 5.74) is 2.81. The van der Waals surface area contributed by atoms with Gasteiger partial charge in [-0.2, -0.15) is 20.4 Å². The SMILES string of the molecule is CC.CC.CC.CC.CC.CC.CC.CC(C)C.CC(C)C.CC(C)C.CC(C)C.CC(C)C.CC(C)C1=NC=[N+]=N1.CC(C)c1cn[nH]n1.Cc1noc(C(C)C)n1.c1ccoc1.c1cnoc1.c1cnsc1.c1cocn1.c1cscn1. The number of hydrogen-bond donors (Lipinski definition) is 1. The number of aromatic nitrogens is 9. The van der Waals surface area contributed by atoms with Gasteiger partial charge in [-0.25, -0.2) is 9.36 Å². The van der Waals surface area contributed by atoms with Crippen LogP contribution in [0, 0.1) is 42.4 Å². The second-order valence-electron chi connectivity index (χ2n) is 18.5. The van der Waals surface area contributed by atoms with Gasteiger partial charge in [-0.1, -0.05) is 257 Å². The molecule has 1 N–H and O–H groups in total. The Morgan fingerprint density at radius 1 is 0.500 bits per heavy atom. The van der Waals surface area contributed by atoms with Gasteiger partial charge in [0.05, 0.1) is 47.4 Å². The van der Waals surface area contributed by atoms with Crippen LogP contribution in [0.25, 0.3) is 0 Å². The Morgan fingerprint density at radius 3 is 1.12 bits per heavy atom. The summed E-state index contributed by atoms with van der Waals surface area (Å²) in [4.78, 5) is 18.8. The average Bonchev–Trinajstić information content (AvgIpc) is 4.32. The summed E-state index contributed by atoms with van der Waals surface area (Å²) >= 11 is 3.06. The first kappa shape index (κ1) is 106. The van der Waals surface area contributed by atoms with Crippen molar-refractivity contribution in [3.05, 3.63) is 120 Å². The highest BCUT2D eigenvalue weighted by molar-refractivity contribution is 7.07. The van der Waals surface area contributed by atoms with Crippen LogP contribution in [0.2, 0.25) is 0 Å². The van der Waals surface area contributed by atoms with Crippen molar-refractivity contribution in [2.24, 2.45) is 45.6 Å². The van der Waals surface area contributed by atoms with E-state index in [0.717, 1.165) is 41.1 Å². The molecule has 8 heterocycles.